The number of anilines is 1. The van der Waals surface area contributed by atoms with Gasteiger partial charge in [0.15, 0.2) is 0 Å². The van der Waals surface area contributed by atoms with E-state index in [9.17, 15) is 9.18 Å². The lowest BCUT2D eigenvalue weighted by Crippen LogP contribution is -2.33. The number of nitrogens with zero attached hydrogens (tertiary/aromatic N) is 3. The van der Waals surface area contributed by atoms with Crippen LogP contribution < -0.4 is 11.1 Å². The van der Waals surface area contributed by atoms with E-state index in [0.29, 0.717) is 0 Å². The molecule has 110 valence electrons. The first-order chi connectivity index (χ1) is 10.1. The van der Waals surface area contributed by atoms with Crippen molar-refractivity contribution in [1.29, 1.82) is 0 Å². The molecular weight excluding hydrogens is 275 g/mol. The number of hydrogen-bond acceptors (Lipinski definition) is 5. The van der Waals surface area contributed by atoms with Gasteiger partial charge in [-0.1, -0.05) is 12.8 Å². The SMILES string of the molecule is Nc1cc(F)c(C(=O)NC2CCCC2)c(-c2nn[nH]n2)c1. The number of H-pyrrole nitrogens is 1. The van der Waals surface area contributed by atoms with Gasteiger partial charge in [-0.3, -0.25) is 4.79 Å². The zero-order valence-electron chi connectivity index (χ0n) is 11.3. The molecule has 4 N–H and O–H groups in total. The second-order valence-corrected chi connectivity index (χ2v) is 5.12. The summed E-state index contributed by atoms with van der Waals surface area (Å²) in [5.74, 6) is -1.03. The predicted octanol–water partition coefficient (Wildman–Crippen LogP) is 1.26. The first-order valence-corrected chi connectivity index (χ1v) is 6.79. The van der Waals surface area contributed by atoms with Crippen molar-refractivity contribution in [2.45, 2.75) is 31.7 Å². The summed E-state index contributed by atoms with van der Waals surface area (Å²) in [6, 6.07) is 2.68. The number of hydrogen-bond donors (Lipinski definition) is 3. The highest BCUT2D eigenvalue weighted by Gasteiger charge is 2.24. The number of carbonyl (C=O) groups excluding carboxylic acids is 1. The zero-order chi connectivity index (χ0) is 14.8. The Labute approximate surface area is 120 Å². The van der Waals surface area contributed by atoms with Gasteiger partial charge in [-0.15, -0.1) is 10.2 Å². The van der Waals surface area contributed by atoms with Crippen LogP contribution in [0.2, 0.25) is 0 Å². The molecule has 1 aromatic heterocycles. The molecule has 0 unspecified atom stereocenters. The third-order valence-corrected chi connectivity index (χ3v) is 3.62. The Bertz CT molecular complexity index is 651. The van der Waals surface area contributed by atoms with Crippen molar-refractivity contribution in [2.24, 2.45) is 0 Å². The second-order valence-electron chi connectivity index (χ2n) is 5.12. The summed E-state index contributed by atoms with van der Waals surface area (Å²) < 4.78 is 14.2. The van der Waals surface area contributed by atoms with Crippen LogP contribution in [-0.4, -0.2) is 32.6 Å². The number of benzene rings is 1. The Morgan fingerprint density at radius 2 is 2.14 bits per heavy atom. The topological polar surface area (TPSA) is 110 Å². The fourth-order valence-corrected chi connectivity index (χ4v) is 2.64. The Hall–Kier alpha value is -2.51. The Morgan fingerprint density at radius 3 is 2.81 bits per heavy atom. The van der Waals surface area contributed by atoms with Gasteiger partial charge < -0.3 is 11.1 Å². The number of halogens is 1. The lowest BCUT2D eigenvalue weighted by molar-refractivity contribution is 0.0934. The van der Waals surface area contributed by atoms with E-state index >= 15 is 0 Å². The minimum absolute atomic E-state index is 0.0903. The Kier molecular flexibility index (Phi) is 3.51. The van der Waals surface area contributed by atoms with Crippen molar-refractivity contribution in [3.8, 4) is 11.4 Å². The van der Waals surface area contributed by atoms with Crippen molar-refractivity contribution < 1.29 is 9.18 Å². The molecule has 0 bridgehead atoms. The summed E-state index contributed by atoms with van der Waals surface area (Å²) in [5.41, 5.74) is 5.97. The van der Waals surface area contributed by atoms with E-state index in [1.54, 1.807) is 0 Å². The van der Waals surface area contributed by atoms with Crippen molar-refractivity contribution >= 4 is 11.6 Å². The van der Waals surface area contributed by atoms with E-state index in [0.717, 1.165) is 31.7 Å². The number of rotatable bonds is 3. The summed E-state index contributed by atoms with van der Waals surface area (Å²) in [6.07, 6.45) is 3.99. The van der Waals surface area contributed by atoms with Crippen LogP contribution in [0.5, 0.6) is 0 Å². The van der Waals surface area contributed by atoms with Gasteiger partial charge in [0.05, 0.1) is 5.56 Å². The number of nitrogens with two attached hydrogens (primary N) is 1. The van der Waals surface area contributed by atoms with Crippen LogP contribution in [0.15, 0.2) is 12.1 Å². The van der Waals surface area contributed by atoms with Crippen LogP contribution >= 0.6 is 0 Å². The predicted molar refractivity (Wildman–Crippen MR) is 73.7 cm³/mol. The first-order valence-electron chi connectivity index (χ1n) is 6.79. The summed E-state index contributed by atoms with van der Waals surface area (Å²) in [4.78, 5) is 12.4. The van der Waals surface area contributed by atoms with Gasteiger partial charge >= 0.3 is 0 Å². The van der Waals surface area contributed by atoms with Gasteiger partial charge in [0.25, 0.3) is 5.91 Å². The molecule has 0 radical (unpaired) electrons. The van der Waals surface area contributed by atoms with Crippen LogP contribution in [0, 0.1) is 5.82 Å². The molecule has 7 nitrogen and oxygen atoms in total. The highest BCUT2D eigenvalue weighted by molar-refractivity contribution is 6.01. The third-order valence-electron chi connectivity index (χ3n) is 3.62. The van der Waals surface area contributed by atoms with Gasteiger partial charge in [0, 0.05) is 17.3 Å². The number of tetrazole rings is 1. The summed E-state index contributed by atoms with van der Waals surface area (Å²) >= 11 is 0. The lowest BCUT2D eigenvalue weighted by Gasteiger charge is -2.14. The Balaban J connectivity index is 1.98. The molecular formula is C13H15FN6O. The molecule has 1 fully saturated rings. The van der Waals surface area contributed by atoms with E-state index < -0.39 is 11.7 Å². The zero-order valence-corrected chi connectivity index (χ0v) is 11.3. The molecule has 0 aliphatic heterocycles. The number of amides is 1. The average Bonchev–Trinajstić information content (AvgIpc) is 3.10. The van der Waals surface area contributed by atoms with Gasteiger partial charge in [0.1, 0.15) is 5.82 Å². The number of aromatic nitrogens is 4. The maximum atomic E-state index is 14.2. The van der Waals surface area contributed by atoms with E-state index in [4.69, 9.17) is 5.73 Å². The molecule has 0 spiro atoms. The average molecular weight is 290 g/mol. The van der Waals surface area contributed by atoms with Crippen molar-refractivity contribution in [3.63, 3.8) is 0 Å². The number of carbonyl (C=O) groups is 1. The maximum Gasteiger partial charge on any atom is 0.255 e. The van der Waals surface area contributed by atoms with Crippen molar-refractivity contribution in [2.75, 3.05) is 5.73 Å². The third kappa shape index (κ3) is 2.69. The van der Waals surface area contributed by atoms with Crippen LogP contribution in [0.25, 0.3) is 11.4 Å². The molecule has 0 saturated heterocycles. The highest BCUT2D eigenvalue weighted by Crippen LogP contribution is 2.26. The summed E-state index contributed by atoms with van der Waals surface area (Å²) in [5, 5.41) is 16.2. The van der Waals surface area contributed by atoms with E-state index in [2.05, 4.69) is 25.9 Å². The van der Waals surface area contributed by atoms with Crippen LogP contribution in [0.1, 0.15) is 36.0 Å². The van der Waals surface area contributed by atoms with Crippen LogP contribution in [0.4, 0.5) is 10.1 Å². The molecule has 8 heteroatoms. The number of aromatic amines is 1. The minimum Gasteiger partial charge on any atom is -0.399 e. The van der Waals surface area contributed by atoms with Gasteiger partial charge in [-0.2, -0.15) is 5.21 Å². The molecule has 1 amide bonds. The van der Waals surface area contributed by atoms with Crippen LogP contribution in [-0.2, 0) is 0 Å². The normalized spacial score (nSPS) is 15.3. The molecule has 3 rings (SSSR count). The molecule has 1 aromatic carbocycles. The second kappa shape index (κ2) is 5.47. The smallest absolute Gasteiger partial charge is 0.255 e. The van der Waals surface area contributed by atoms with E-state index in [1.807, 2.05) is 0 Å². The fraction of sp³-hybridized carbons (Fsp3) is 0.385. The molecule has 2 aromatic rings. The van der Waals surface area contributed by atoms with Gasteiger partial charge in [-0.25, -0.2) is 4.39 Å². The van der Waals surface area contributed by atoms with Gasteiger partial charge in [0.2, 0.25) is 5.82 Å². The van der Waals surface area contributed by atoms with E-state index in [1.165, 1.54) is 6.07 Å². The first kappa shape index (κ1) is 13.5. The van der Waals surface area contributed by atoms with Crippen molar-refractivity contribution in [3.05, 3.63) is 23.5 Å². The standard InChI is InChI=1S/C13H15FN6O/c14-10-6-7(15)5-9(12-17-19-20-18-12)11(10)13(21)16-8-3-1-2-4-8/h5-6,8H,1-4,15H2,(H,16,21)(H,17,18,19,20). The number of nitrogens with one attached hydrogen (secondary N) is 2. The van der Waals surface area contributed by atoms with E-state index in [-0.39, 0.29) is 28.7 Å². The quantitative estimate of drug-likeness (QED) is 0.737. The molecule has 0 atom stereocenters. The molecule has 21 heavy (non-hydrogen) atoms. The summed E-state index contributed by atoms with van der Waals surface area (Å²) in [7, 11) is 0. The monoisotopic (exact) mass is 290 g/mol. The molecule has 1 aliphatic rings. The Morgan fingerprint density at radius 1 is 1.38 bits per heavy atom. The number of nitrogen functional groups attached to an aromatic ring is 1. The minimum atomic E-state index is -0.690. The van der Waals surface area contributed by atoms with Crippen LogP contribution in [0.3, 0.4) is 0 Å². The lowest BCUT2D eigenvalue weighted by atomic mass is 10.0. The van der Waals surface area contributed by atoms with Crippen molar-refractivity contribution in [1.82, 2.24) is 25.9 Å². The molecule has 1 aliphatic carbocycles. The van der Waals surface area contributed by atoms with Gasteiger partial charge in [-0.05, 0) is 30.2 Å². The highest BCUT2D eigenvalue weighted by atomic mass is 19.1. The summed E-state index contributed by atoms with van der Waals surface area (Å²) in [6.45, 7) is 0. The maximum absolute atomic E-state index is 14.2. The molecule has 1 heterocycles. The molecule has 1 saturated carbocycles. The fourth-order valence-electron chi connectivity index (χ4n) is 2.64. The largest absolute Gasteiger partial charge is 0.399 e.